The van der Waals surface area contributed by atoms with Gasteiger partial charge in [0.1, 0.15) is 23.0 Å². The van der Waals surface area contributed by atoms with Gasteiger partial charge in [0, 0.05) is 17.6 Å². The minimum atomic E-state index is -4.78. The van der Waals surface area contributed by atoms with Gasteiger partial charge in [-0.2, -0.15) is 8.42 Å². The van der Waals surface area contributed by atoms with E-state index >= 15 is 0 Å². The van der Waals surface area contributed by atoms with Gasteiger partial charge >= 0.3 is 22.3 Å². The van der Waals surface area contributed by atoms with Gasteiger partial charge in [0.25, 0.3) is 17.7 Å². The number of H-pyrrole nitrogens is 1. The predicted molar refractivity (Wildman–Crippen MR) is 146 cm³/mol. The fraction of sp³-hybridized carbons (Fsp3) is 0.300. The van der Waals surface area contributed by atoms with Crippen LogP contribution < -0.4 is 42.3 Å². The van der Waals surface area contributed by atoms with Crippen molar-refractivity contribution in [3.05, 3.63) is 39.3 Å². The van der Waals surface area contributed by atoms with Crippen molar-refractivity contribution in [2.45, 2.75) is 32.4 Å². The number of aromatic nitrogens is 2. The molecule has 1 saturated heterocycles. The van der Waals surface area contributed by atoms with Gasteiger partial charge < -0.3 is 26.0 Å². The largest absolute Gasteiger partial charge is 0.503 e. The van der Waals surface area contributed by atoms with Crippen molar-refractivity contribution in [3.63, 3.8) is 0 Å². The molecule has 0 saturated carbocycles. The summed E-state index contributed by atoms with van der Waals surface area (Å²) in [6.45, 7) is 4.62. The maximum absolute atomic E-state index is 12.8. The van der Waals surface area contributed by atoms with E-state index in [9.17, 15) is 37.2 Å². The summed E-state index contributed by atoms with van der Waals surface area (Å²) in [7, 11) is -4.78. The average molecular weight is 644 g/mol. The number of nitrogens with zero attached hydrogens (tertiary/aromatic N) is 3. The minimum Gasteiger partial charge on any atom is -0.503 e. The van der Waals surface area contributed by atoms with E-state index < -0.39 is 69.4 Å². The van der Waals surface area contributed by atoms with Gasteiger partial charge in [0.15, 0.2) is 16.6 Å². The number of likely N-dealkylation sites (tertiary alicyclic amines) is 1. The van der Waals surface area contributed by atoms with Crippen LogP contribution in [0, 0.1) is 0 Å². The number of imide groups is 1. The number of aromatic amines is 1. The molecule has 0 aromatic carbocycles. The van der Waals surface area contributed by atoms with E-state index in [1.54, 1.807) is 31.6 Å². The van der Waals surface area contributed by atoms with Gasteiger partial charge in [0.2, 0.25) is 5.43 Å². The summed E-state index contributed by atoms with van der Waals surface area (Å²) in [6.07, 6.45) is 0.834. The molecule has 7 amide bonds. The van der Waals surface area contributed by atoms with Crippen LogP contribution >= 0.6 is 11.3 Å². The number of carbonyl (C=O) groups excluding carboxylic acids is 5. The van der Waals surface area contributed by atoms with Crippen LogP contribution in [-0.4, -0.2) is 82.1 Å². The standard InChI is InChI=1S/C20H25N11O10S2/c1-20(2,3)41-28-13(10-7-42-17(21)24-10)15(35)23-9-6-31(16(9)36)19(38)29-43(39,40)30-27-18(37)26-25-14(34)8-4-11(32)12(33)5-22-8/h4-5,7,9,30,33H,6H2,1-3H3,(H2,21,24)(H,22,32)(H,23,35)(H,25,34)(H,29,38)(H2,26,27,37)/t9-/m0/s1. The zero-order valence-corrected chi connectivity index (χ0v) is 24.0. The molecule has 2 aromatic rings. The Bertz CT molecular complexity index is 1640. The number of β-lactam (4-membered cyclic amide) rings is 1. The third kappa shape index (κ3) is 8.85. The van der Waals surface area contributed by atoms with Crippen LogP contribution in [0.2, 0.25) is 0 Å². The van der Waals surface area contributed by atoms with E-state index in [2.05, 4.69) is 20.4 Å². The lowest BCUT2D eigenvalue weighted by Gasteiger charge is -2.36. The topological polar surface area (TPSA) is 308 Å². The number of hydrogen-bond acceptors (Lipinski definition) is 14. The van der Waals surface area contributed by atoms with Gasteiger partial charge in [-0.15, -0.1) is 16.2 Å². The summed E-state index contributed by atoms with van der Waals surface area (Å²) in [5, 5.41) is 16.9. The third-order valence-corrected chi connectivity index (χ3v) is 6.31. The second-order valence-corrected chi connectivity index (χ2v) is 11.6. The highest BCUT2D eigenvalue weighted by Gasteiger charge is 2.43. The van der Waals surface area contributed by atoms with E-state index in [1.807, 2.05) is 5.43 Å². The molecule has 1 aliphatic rings. The highest BCUT2D eigenvalue weighted by Crippen LogP contribution is 2.16. The smallest absolute Gasteiger partial charge is 0.348 e. The van der Waals surface area contributed by atoms with Crippen LogP contribution in [0.5, 0.6) is 5.75 Å². The normalized spacial score (nSPS) is 15.1. The summed E-state index contributed by atoms with van der Waals surface area (Å²) in [5.41, 5.74) is 8.59. The lowest BCUT2D eigenvalue weighted by Crippen LogP contribution is -2.68. The maximum Gasteiger partial charge on any atom is 0.348 e. The molecule has 1 atom stereocenters. The van der Waals surface area contributed by atoms with Gasteiger partial charge in [-0.1, -0.05) is 5.16 Å². The Hall–Kier alpha value is -5.29. The molecular formula is C20H25N11O10S2. The molecular weight excluding hydrogens is 618 g/mol. The summed E-state index contributed by atoms with van der Waals surface area (Å²) < 4.78 is 25.7. The third-order valence-electron chi connectivity index (χ3n) is 4.82. The van der Waals surface area contributed by atoms with Gasteiger partial charge in [0.05, 0.1) is 6.54 Å². The van der Waals surface area contributed by atoms with Gasteiger partial charge in [-0.3, -0.25) is 34.9 Å². The summed E-state index contributed by atoms with van der Waals surface area (Å²) in [6, 6.07) is -3.22. The molecule has 2 aromatic heterocycles. The Morgan fingerprint density at radius 3 is 2.49 bits per heavy atom. The van der Waals surface area contributed by atoms with Crippen molar-refractivity contribution >= 4 is 62.2 Å². The number of aromatic hydroxyl groups is 1. The average Bonchev–Trinajstić information content (AvgIpc) is 3.34. The summed E-state index contributed by atoms with van der Waals surface area (Å²) in [4.78, 5) is 86.0. The van der Waals surface area contributed by atoms with E-state index in [4.69, 9.17) is 15.7 Å². The Kier molecular flexibility index (Phi) is 9.52. The number of hydrogen-bond donors (Lipinski definition) is 9. The zero-order chi connectivity index (χ0) is 32.1. The molecule has 1 aliphatic heterocycles. The highest BCUT2D eigenvalue weighted by atomic mass is 32.2. The van der Waals surface area contributed by atoms with Crippen molar-refractivity contribution < 1.29 is 42.3 Å². The monoisotopic (exact) mass is 643 g/mol. The van der Waals surface area contributed by atoms with Crippen LogP contribution in [-0.2, 0) is 24.6 Å². The van der Waals surface area contributed by atoms with Crippen LogP contribution in [0.15, 0.2) is 27.6 Å². The Balaban J connectivity index is 1.48. The van der Waals surface area contributed by atoms with Crippen molar-refractivity contribution in [2.24, 2.45) is 5.16 Å². The molecule has 1 fully saturated rings. The van der Waals surface area contributed by atoms with Crippen LogP contribution in [0.4, 0.5) is 14.7 Å². The molecule has 0 unspecified atom stereocenters. The van der Waals surface area contributed by atoms with Crippen molar-refractivity contribution in [1.82, 2.24) is 46.0 Å². The number of nitrogens with two attached hydrogens (primary N) is 1. The molecule has 0 aliphatic carbocycles. The molecule has 232 valence electrons. The van der Waals surface area contributed by atoms with Crippen LogP contribution in [0.1, 0.15) is 37.0 Å². The van der Waals surface area contributed by atoms with Crippen LogP contribution in [0.25, 0.3) is 0 Å². The van der Waals surface area contributed by atoms with Gasteiger partial charge in [-0.25, -0.2) is 24.7 Å². The number of nitrogen functional groups attached to an aromatic ring is 1. The molecule has 3 rings (SSSR count). The number of rotatable bonds is 8. The summed E-state index contributed by atoms with van der Waals surface area (Å²) in [5.74, 6) is -3.52. The maximum atomic E-state index is 12.8. The molecule has 43 heavy (non-hydrogen) atoms. The minimum absolute atomic E-state index is 0.0779. The first kappa shape index (κ1) is 32.2. The molecule has 0 spiro atoms. The fourth-order valence-corrected chi connectivity index (χ4v) is 4.01. The van der Waals surface area contributed by atoms with Crippen molar-refractivity contribution in [2.75, 3.05) is 12.3 Å². The lowest BCUT2D eigenvalue weighted by molar-refractivity contribution is -0.141. The summed E-state index contributed by atoms with van der Waals surface area (Å²) >= 11 is 1.03. The molecule has 23 heteroatoms. The van der Waals surface area contributed by atoms with E-state index in [0.717, 1.165) is 23.6 Å². The molecule has 0 radical (unpaired) electrons. The number of anilines is 1. The van der Waals surface area contributed by atoms with Crippen LogP contribution in [0.3, 0.4) is 0 Å². The number of thiazole rings is 1. The zero-order valence-electron chi connectivity index (χ0n) is 22.4. The van der Waals surface area contributed by atoms with Crippen molar-refractivity contribution in [1.29, 1.82) is 0 Å². The van der Waals surface area contributed by atoms with E-state index in [-0.39, 0.29) is 22.2 Å². The molecule has 10 N–H and O–H groups in total. The SMILES string of the molecule is CC(C)(C)ON=C(C(=O)N[C@H]1CN(C(=O)NS(=O)(=O)NNC(=O)NNC(=O)c2cc(=O)c(O)c[nH]2)C1=O)c1csc(N)n1. The first-order chi connectivity index (χ1) is 20.0. The van der Waals surface area contributed by atoms with E-state index in [0.29, 0.717) is 4.90 Å². The Morgan fingerprint density at radius 2 is 1.91 bits per heavy atom. The molecule has 3 heterocycles. The Labute approximate surface area is 245 Å². The lowest BCUT2D eigenvalue weighted by atomic mass is 10.1. The molecule has 0 bridgehead atoms. The first-order valence-electron chi connectivity index (χ1n) is 11.7. The first-order valence-corrected chi connectivity index (χ1v) is 14.0. The fourth-order valence-electron chi connectivity index (χ4n) is 2.84. The number of carbonyl (C=O) groups is 5. The highest BCUT2D eigenvalue weighted by molar-refractivity contribution is 7.88. The predicted octanol–water partition coefficient (Wildman–Crippen LogP) is -2.93. The number of pyridine rings is 1. The number of urea groups is 2. The molecule has 21 nitrogen and oxygen atoms in total. The number of hydrazine groups is 2. The number of oxime groups is 1. The van der Waals surface area contributed by atoms with Gasteiger partial charge in [-0.05, 0) is 20.8 Å². The second-order valence-electron chi connectivity index (χ2n) is 9.33. The van der Waals surface area contributed by atoms with E-state index in [1.165, 1.54) is 14.9 Å². The Morgan fingerprint density at radius 1 is 1.21 bits per heavy atom. The number of amides is 7. The van der Waals surface area contributed by atoms with Crippen molar-refractivity contribution in [3.8, 4) is 5.75 Å². The quantitative estimate of drug-likeness (QED) is 0.0793. The number of nitrogens with one attached hydrogen (secondary N) is 7. The second kappa shape index (κ2) is 12.7.